The van der Waals surface area contributed by atoms with Crippen LogP contribution < -0.4 is 16.1 Å². The summed E-state index contributed by atoms with van der Waals surface area (Å²) in [6, 6.07) is 5.76. The molecule has 182 valence electrons. The van der Waals surface area contributed by atoms with Crippen LogP contribution in [0.5, 0.6) is 5.75 Å². The lowest BCUT2D eigenvalue weighted by molar-refractivity contribution is -0.394. The van der Waals surface area contributed by atoms with Crippen LogP contribution in [-0.2, 0) is 6.18 Å². The van der Waals surface area contributed by atoms with Crippen molar-refractivity contribution < 1.29 is 28.1 Å². The summed E-state index contributed by atoms with van der Waals surface area (Å²) in [7, 11) is 1.47. The predicted molar refractivity (Wildman–Crippen MR) is 117 cm³/mol. The number of aromatic nitrogens is 3. The number of nitrogens with one attached hydrogen (secondary N) is 3. The van der Waals surface area contributed by atoms with Gasteiger partial charge < -0.3 is 15.7 Å². The lowest BCUT2D eigenvalue weighted by Crippen LogP contribution is -2.08. The molecule has 3 aromatic rings. The molecule has 0 fully saturated rings. The molecule has 4 N–H and O–H groups in total. The van der Waals surface area contributed by atoms with Crippen molar-refractivity contribution in [1.82, 2.24) is 15.0 Å². The number of hydrogen-bond donors (Lipinski definition) is 4. The number of rotatable bonds is 8. The minimum Gasteiger partial charge on any atom is -0.502 e. The number of phenolic OH excluding ortho intramolecular Hbond substituents is 1. The number of non-ortho nitro benzene ring substituents is 1. The zero-order chi connectivity index (χ0) is 25.8. The number of phenols is 1. The van der Waals surface area contributed by atoms with E-state index in [1.807, 2.05) is 0 Å². The van der Waals surface area contributed by atoms with Crippen LogP contribution in [0.25, 0.3) is 0 Å². The molecule has 0 radical (unpaired) electrons. The first-order valence-corrected chi connectivity index (χ1v) is 9.31. The van der Waals surface area contributed by atoms with Crippen molar-refractivity contribution in [2.45, 2.75) is 6.18 Å². The third-order valence-electron chi connectivity index (χ3n) is 4.18. The molecule has 0 saturated carbocycles. The van der Waals surface area contributed by atoms with E-state index in [9.17, 15) is 38.5 Å². The Bertz CT molecular complexity index is 1320. The van der Waals surface area contributed by atoms with Gasteiger partial charge in [0.25, 0.3) is 5.69 Å². The van der Waals surface area contributed by atoms with Crippen LogP contribution in [-0.4, -0.2) is 43.2 Å². The highest BCUT2D eigenvalue weighted by Crippen LogP contribution is 2.33. The number of halogens is 3. The van der Waals surface area contributed by atoms with Gasteiger partial charge in [-0.3, -0.25) is 20.2 Å². The maximum atomic E-state index is 12.9. The number of hydrogen-bond acceptors (Lipinski definition) is 12. The van der Waals surface area contributed by atoms with E-state index in [2.05, 4.69) is 36.1 Å². The van der Waals surface area contributed by atoms with Crippen molar-refractivity contribution in [3.63, 3.8) is 0 Å². The van der Waals surface area contributed by atoms with Gasteiger partial charge in [-0.2, -0.15) is 33.2 Å². The molecular formula is C18H14F3N9O5. The molecule has 0 spiro atoms. The molecule has 0 unspecified atom stereocenters. The Morgan fingerprint density at radius 1 is 1.03 bits per heavy atom. The number of alkyl halides is 3. The fraction of sp³-hybridized carbons (Fsp3) is 0.111. The quantitative estimate of drug-likeness (QED) is 0.203. The van der Waals surface area contributed by atoms with E-state index in [4.69, 9.17) is 0 Å². The summed E-state index contributed by atoms with van der Waals surface area (Å²) in [4.78, 5) is 32.0. The Labute approximate surface area is 192 Å². The number of nitro groups is 2. The highest BCUT2D eigenvalue weighted by atomic mass is 19.4. The Morgan fingerprint density at radius 3 is 2.34 bits per heavy atom. The van der Waals surface area contributed by atoms with E-state index in [0.717, 1.165) is 24.4 Å². The lowest BCUT2D eigenvalue weighted by atomic mass is 10.1. The van der Waals surface area contributed by atoms with Crippen molar-refractivity contribution in [3.05, 3.63) is 67.8 Å². The first-order chi connectivity index (χ1) is 16.5. The molecule has 0 amide bonds. The van der Waals surface area contributed by atoms with Gasteiger partial charge in [-0.15, -0.1) is 0 Å². The van der Waals surface area contributed by atoms with E-state index < -0.39 is 38.7 Å². The summed E-state index contributed by atoms with van der Waals surface area (Å²) in [6.45, 7) is 0. The number of nitrogens with zero attached hydrogens (tertiary/aromatic N) is 6. The van der Waals surface area contributed by atoms with Crippen LogP contribution >= 0.6 is 0 Å². The molecule has 14 nitrogen and oxygen atoms in total. The standard InChI is InChI=1S/C18H14F3N9O5/c1-22-15-25-16(24-11-4-2-3-10(6-11)18(19,20)21)27-17(26-15)28-23-8-9-5-12(29(32)33)7-13(14(9)31)30(34)35/h2-8,31H,1H3,(H3,22,24,25,26,27,28)/b23-8+. The largest absolute Gasteiger partial charge is 0.502 e. The summed E-state index contributed by atoms with van der Waals surface area (Å²) in [6.07, 6.45) is -3.69. The highest BCUT2D eigenvalue weighted by molar-refractivity contribution is 5.87. The van der Waals surface area contributed by atoms with Crippen LogP contribution in [0.2, 0.25) is 0 Å². The van der Waals surface area contributed by atoms with Gasteiger partial charge >= 0.3 is 11.9 Å². The van der Waals surface area contributed by atoms with E-state index in [-0.39, 0.29) is 29.1 Å². The predicted octanol–water partition coefficient (Wildman–Crippen LogP) is 3.64. The fourth-order valence-electron chi connectivity index (χ4n) is 2.62. The van der Waals surface area contributed by atoms with Crippen molar-refractivity contribution in [1.29, 1.82) is 0 Å². The molecule has 0 bridgehead atoms. The molecule has 0 aliphatic heterocycles. The molecule has 0 saturated heterocycles. The SMILES string of the molecule is CNc1nc(N/N=C/c2cc([N+](=O)[O-])cc([N+](=O)[O-])c2O)nc(Nc2cccc(C(F)(F)F)c2)n1. The van der Waals surface area contributed by atoms with Crippen LogP contribution in [0.1, 0.15) is 11.1 Å². The molecule has 0 aliphatic carbocycles. The Kier molecular flexibility index (Phi) is 6.88. The highest BCUT2D eigenvalue weighted by Gasteiger charge is 2.30. The van der Waals surface area contributed by atoms with Gasteiger partial charge in [-0.25, -0.2) is 5.43 Å². The van der Waals surface area contributed by atoms with Gasteiger partial charge in [-0.05, 0) is 18.2 Å². The normalized spacial score (nSPS) is 11.3. The first-order valence-electron chi connectivity index (χ1n) is 9.31. The average molecular weight is 493 g/mol. The topological polar surface area (TPSA) is 194 Å². The number of benzene rings is 2. The second kappa shape index (κ2) is 9.81. The van der Waals surface area contributed by atoms with Crippen LogP contribution in [0, 0.1) is 20.2 Å². The third-order valence-corrected chi connectivity index (χ3v) is 4.18. The summed E-state index contributed by atoms with van der Waals surface area (Å²) >= 11 is 0. The molecule has 17 heteroatoms. The first kappa shape index (κ1) is 24.6. The Hall–Kier alpha value is -5.09. The van der Waals surface area contributed by atoms with Gasteiger partial charge in [0, 0.05) is 18.8 Å². The van der Waals surface area contributed by atoms with E-state index in [1.54, 1.807) is 0 Å². The van der Waals surface area contributed by atoms with Crippen molar-refractivity contribution in [3.8, 4) is 5.75 Å². The van der Waals surface area contributed by atoms with Crippen LogP contribution in [0.3, 0.4) is 0 Å². The smallest absolute Gasteiger partial charge is 0.416 e. The summed E-state index contributed by atoms with van der Waals surface area (Å²) in [5, 5.41) is 41.0. The Morgan fingerprint density at radius 2 is 1.71 bits per heavy atom. The van der Waals surface area contributed by atoms with E-state index >= 15 is 0 Å². The molecule has 1 aromatic heterocycles. The maximum absolute atomic E-state index is 12.9. The molecule has 2 aromatic carbocycles. The summed E-state index contributed by atoms with van der Waals surface area (Å²) in [5.74, 6) is -1.23. The van der Waals surface area contributed by atoms with Crippen molar-refractivity contribution in [2.24, 2.45) is 5.10 Å². The third kappa shape index (κ3) is 6.03. The summed E-state index contributed by atoms with van der Waals surface area (Å²) < 4.78 is 38.8. The van der Waals surface area contributed by atoms with E-state index in [0.29, 0.717) is 6.07 Å². The summed E-state index contributed by atoms with van der Waals surface area (Å²) in [5.41, 5.74) is -0.394. The fourth-order valence-corrected chi connectivity index (χ4v) is 2.62. The average Bonchev–Trinajstić information content (AvgIpc) is 2.79. The van der Waals surface area contributed by atoms with Crippen molar-refractivity contribution in [2.75, 3.05) is 23.1 Å². The molecule has 0 aliphatic rings. The lowest BCUT2D eigenvalue weighted by Gasteiger charge is -2.11. The zero-order valence-corrected chi connectivity index (χ0v) is 17.4. The van der Waals surface area contributed by atoms with Gasteiger partial charge in [-0.1, -0.05) is 6.07 Å². The maximum Gasteiger partial charge on any atom is 0.416 e. The van der Waals surface area contributed by atoms with Crippen LogP contribution in [0.15, 0.2) is 41.5 Å². The number of nitro benzene ring substituents is 2. The number of anilines is 4. The molecular weight excluding hydrogens is 479 g/mol. The zero-order valence-electron chi connectivity index (χ0n) is 17.4. The second-order valence-electron chi connectivity index (χ2n) is 6.55. The Balaban J connectivity index is 1.87. The monoisotopic (exact) mass is 493 g/mol. The minimum absolute atomic E-state index is 0.000935. The second-order valence-corrected chi connectivity index (χ2v) is 6.55. The van der Waals surface area contributed by atoms with Crippen LogP contribution in [0.4, 0.5) is 48.1 Å². The van der Waals surface area contributed by atoms with Gasteiger partial charge in [0.2, 0.25) is 23.6 Å². The van der Waals surface area contributed by atoms with Gasteiger partial charge in [0.1, 0.15) is 0 Å². The minimum atomic E-state index is -4.55. The molecule has 35 heavy (non-hydrogen) atoms. The van der Waals surface area contributed by atoms with Gasteiger partial charge in [0.15, 0.2) is 0 Å². The number of hydrazone groups is 1. The molecule has 0 atom stereocenters. The molecule has 3 rings (SSSR count). The van der Waals surface area contributed by atoms with Crippen molar-refractivity contribution >= 4 is 41.1 Å². The number of aromatic hydroxyl groups is 1. The molecule has 1 heterocycles. The van der Waals surface area contributed by atoms with E-state index in [1.165, 1.54) is 19.2 Å². The van der Waals surface area contributed by atoms with Gasteiger partial charge in [0.05, 0.1) is 33.3 Å².